The van der Waals surface area contributed by atoms with Gasteiger partial charge in [-0.2, -0.15) is 0 Å². The molecule has 0 N–H and O–H groups in total. The molecule has 372 valence electrons. The first-order valence-corrected chi connectivity index (χ1v) is 42.9. The Kier molecular flexibility index (Phi) is 13.2. The summed E-state index contributed by atoms with van der Waals surface area (Å²) in [7, 11) is -31.9. The summed E-state index contributed by atoms with van der Waals surface area (Å²) >= 11 is 0. The number of rotatable bonds is 9. The minimum Gasteiger partial charge on any atom is -0.373 e. The van der Waals surface area contributed by atoms with E-state index in [2.05, 4.69) is 0 Å². The van der Waals surface area contributed by atoms with E-state index >= 15 is 0 Å². The van der Waals surface area contributed by atoms with Crippen molar-refractivity contribution >= 4 is 70.4 Å². The third kappa shape index (κ3) is 8.37. The van der Waals surface area contributed by atoms with Crippen LogP contribution in [0.3, 0.4) is 0 Å². The fraction of sp³-hybridized carbons (Fsp3) is 1.00. The SMILES string of the molecule is C1CCC([Si]23O[Si]4(CC5CO5)O[Si]5(C6CCCCC6)O[Si](C6CCCCC6)(O2)O[Si]2(C6CCCCC6)O[Si](C6CCCCC6)(O3)O[Si](C3CCCCC3)(O4)O[Si](C3CCCCC3)(O5)O2)CC1. The second-order valence-corrected chi connectivity index (χ2v) is 49.4. The molecule has 66 heavy (non-hydrogen) atoms. The minimum atomic E-state index is -4.00. The van der Waals surface area contributed by atoms with E-state index in [1.165, 1.54) is 44.9 Å². The van der Waals surface area contributed by atoms with Crippen LogP contribution in [0.1, 0.15) is 225 Å². The number of ether oxygens (including phenoxy) is 1. The lowest BCUT2D eigenvalue weighted by Crippen LogP contribution is -2.91. The van der Waals surface area contributed by atoms with E-state index in [9.17, 15) is 0 Å². The second-order valence-electron chi connectivity index (χ2n) is 23.6. The molecule has 8 bridgehead atoms. The first-order chi connectivity index (χ1) is 32.3. The van der Waals surface area contributed by atoms with Crippen molar-refractivity contribution in [2.24, 2.45) is 0 Å². The Bertz CT molecular complexity index is 1520. The maximum atomic E-state index is 8.69. The summed E-state index contributed by atoms with van der Waals surface area (Å²) in [5, 5.41) is 0. The van der Waals surface area contributed by atoms with Crippen LogP contribution >= 0.6 is 0 Å². The molecule has 7 aliphatic heterocycles. The summed E-state index contributed by atoms with van der Waals surface area (Å²) in [6, 6.07) is 0.515. The van der Waals surface area contributed by atoms with Crippen molar-refractivity contribution in [3.8, 4) is 0 Å². The van der Waals surface area contributed by atoms with Crippen molar-refractivity contribution in [3.63, 3.8) is 0 Å². The molecule has 0 aromatic carbocycles. The molecule has 21 heteroatoms. The number of hydrogen-bond acceptors (Lipinski definition) is 13. The van der Waals surface area contributed by atoms with Gasteiger partial charge >= 0.3 is 70.4 Å². The number of epoxide rings is 1. The predicted molar refractivity (Wildman–Crippen MR) is 261 cm³/mol. The van der Waals surface area contributed by atoms with Crippen molar-refractivity contribution in [1.82, 2.24) is 0 Å². The zero-order chi connectivity index (χ0) is 44.0. The molecule has 1 atom stereocenters. The first kappa shape index (κ1) is 47.0. The number of hydrogen-bond donors (Lipinski definition) is 0. The maximum absolute atomic E-state index is 8.69. The molecule has 0 radical (unpaired) electrons. The second kappa shape index (κ2) is 18.5. The Hall–Kier alpha value is 1.22. The van der Waals surface area contributed by atoms with E-state index in [1.807, 2.05) is 0 Å². The maximum Gasteiger partial charge on any atom is 0.482 e. The van der Waals surface area contributed by atoms with Crippen molar-refractivity contribution < 1.29 is 54.1 Å². The molecular weight excluding hydrogens is 973 g/mol. The van der Waals surface area contributed by atoms with E-state index < -0.39 is 70.4 Å². The van der Waals surface area contributed by atoms with E-state index in [4.69, 9.17) is 54.1 Å². The Morgan fingerprint density at radius 3 is 0.561 bits per heavy atom. The van der Waals surface area contributed by atoms with Gasteiger partial charge in [-0.25, -0.2) is 0 Å². The van der Waals surface area contributed by atoms with Gasteiger partial charge in [0.25, 0.3) is 0 Å². The third-order valence-corrected chi connectivity index (χ3v) is 58.7. The van der Waals surface area contributed by atoms with Crippen molar-refractivity contribution in [2.45, 2.75) is 276 Å². The zero-order valence-corrected chi connectivity index (χ0v) is 48.1. The average Bonchev–Trinajstić information content (AvgIpc) is 4.16. The van der Waals surface area contributed by atoms with Gasteiger partial charge in [-0.1, -0.05) is 135 Å². The lowest BCUT2D eigenvalue weighted by molar-refractivity contribution is -0.0516. The first-order valence-electron chi connectivity index (χ1n) is 28.3. The molecule has 1 unspecified atom stereocenters. The van der Waals surface area contributed by atoms with Crippen LogP contribution in [-0.2, 0) is 54.1 Å². The summed E-state index contributed by atoms with van der Waals surface area (Å²) in [6.45, 7) is 0.664. The zero-order valence-electron chi connectivity index (χ0n) is 40.1. The van der Waals surface area contributed by atoms with Crippen molar-refractivity contribution in [1.29, 1.82) is 0 Å². The molecule has 14 rings (SSSR count). The van der Waals surface area contributed by atoms with Gasteiger partial charge in [0.05, 0.1) is 12.7 Å². The van der Waals surface area contributed by atoms with Crippen LogP contribution in [-0.4, -0.2) is 83.1 Å². The molecule has 0 amide bonds. The highest BCUT2D eigenvalue weighted by Gasteiger charge is 2.88. The standard InChI is InChI=1S/C45H82O13Si8/c1-8-22-39(23-9-1)60-47-59(37-38-36-46-38)48-61(40-24-10-2-11-25-40)52-63(50-60,42-28-14-4-15-29-42)56-66(45-34-20-7-21-35-45)57-64(51-60,43-30-16-5-17-31-43)53-62(49-59,41-26-12-3-13-27-41)55-65(54-61,58-66)44-32-18-6-19-33-44/h38-45H,1-37H2. The monoisotopic (exact) mass is 1050 g/mol. The molecule has 0 spiro atoms. The molecule has 13 nitrogen and oxygen atoms in total. The van der Waals surface area contributed by atoms with Crippen LogP contribution in [0.15, 0.2) is 0 Å². The van der Waals surface area contributed by atoms with Crippen LogP contribution in [0.5, 0.6) is 0 Å². The van der Waals surface area contributed by atoms with Crippen molar-refractivity contribution in [3.05, 3.63) is 0 Å². The van der Waals surface area contributed by atoms with Gasteiger partial charge in [0.15, 0.2) is 0 Å². The fourth-order valence-corrected chi connectivity index (χ4v) is 71.5. The summed E-state index contributed by atoms with van der Waals surface area (Å²) in [6.07, 6.45) is 37.9. The van der Waals surface area contributed by atoms with Crippen LogP contribution in [0, 0.1) is 0 Å². The molecule has 7 saturated carbocycles. The molecule has 7 heterocycles. The van der Waals surface area contributed by atoms with Crippen LogP contribution < -0.4 is 0 Å². The van der Waals surface area contributed by atoms with E-state index in [1.54, 1.807) is 0 Å². The fourth-order valence-electron chi connectivity index (χ4n) is 15.5. The highest BCUT2D eigenvalue weighted by molar-refractivity contribution is 7.04. The summed E-state index contributed by atoms with van der Waals surface area (Å²) in [5.74, 6) is 0. The molecule has 7 saturated heterocycles. The lowest BCUT2D eigenvalue weighted by atomic mass is 10.0. The highest BCUT2D eigenvalue weighted by atomic mass is 28.6. The van der Waals surface area contributed by atoms with Gasteiger partial charge in [-0.15, -0.1) is 0 Å². The normalized spacial score (nSPS) is 48.6. The van der Waals surface area contributed by atoms with Gasteiger partial charge < -0.3 is 54.1 Å². The van der Waals surface area contributed by atoms with E-state index in [0.717, 1.165) is 180 Å². The molecule has 14 fully saturated rings. The predicted octanol–water partition coefficient (Wildman–Crippen LogP) is 12.5. The minimum absolute atomic E-state index is 0.0386. The topological polar surface area (TPSA) is 123 Å². The largest absolute Gasteiger partial charge is 0.482 e. The Morgan fingerprint density at radius 2 is 0.394 bits per heavy atom. The van der Waals surface area contributed by atoms with Gasteiger partial charge in [0, 0.05) is 44.8 Å². The molecule has 0 aromatic heterocycles. The van der Waals surface area contributed by atoms with Crippen molar-refractivity contribution in [2.75, 3.05) is 6.61 Å². The van der Waals surface area contributed by atoms with Crippen LogP contribution in [0.2, 0.25) is 44.8 Å². The lowest BCUT2D eigenvalue weighted by Gasteiger charge is -2.68. The summed E-state index contributed by atoms with van der Waals surface area (Å²) in [5.41, 5.74) is 0.335. The van der Waals surface area contributed by atoms with E-state index in [0.29, 0.717) is 12.7 Å². The Morgan fingerprint density at radius 1 is 0.227 bits per heavy atom. The third-order valence-electron chi connectivity index (χ3n) is 19.1. The smallest absolute Gasteiger partial charge is 0.373 e. The van der Waals surface area contributed by atoms with Gasteiger partial charge in [0.1, 0.15) is 0 Å². The van der Waals surface area contributed by atoms with Gasteiger partial charge in [-0.3, -0.25) is 0 Å². The van der Waals surface area contributed by atoms with Crippen LogP contribution in [0.25, 0.3) is 0 Å². The molecule has 14 aliphatic rings. The van der Waals surface area contributed by atoms with Crippen LogP contribution in [0.4, 0.5) is 0 Å². The Labute approximate surface area is 404 Å². The summed E-state index contributed by atoms with van der Waals surface area (Å²) in [4.78, 5) is 0. The highest BCUT2D eigenvalue weighted by Crippen LogP contribution is 2.65. The molecule has 0 aromatic rings. The molecular formula is C45H82O13Si8. The average molecular weight is 1060 g/mol. The van der Waals surface area contributed by atoms with E-state index in [-0.39, 0.29) is 44.9 Å². The quantitative estimate of drug-likeness (QED) is 0.161. The van der Waals surface area contributed by atoms with Gasteiger partial charge in [0.2, 0.25) is 0 Å². The Balaban J connectivity index is 1.13. The summed E-state index contributed by atoms with van der Waals surface area (Å²) < 4.78 is 110. The van der Waals surface area contributed by atoms with Gasteiger partial charge in [-0.05, 0) is 89.9 Å². The molecule has 7 aliphatic carbocycles.